The van der Waals surface area contributed by atoms with Crippen LogP contribution < -0.4 is 4.74 Å². The normalized spacial score (nSPS) is 25.7. The van der Waals surface area contributed by atoms with E-state index in [-0.39, 0.29) is 18.4 Å². The highest BCUT2D eigenvalue weighted by Crippen LogP contribution is 2.42. The highest BCUT2D eigenvalue weighted by molar-refractivity contribution is 5.85. The fourth-order valence-corrected chi connectivity index (χ4v) is 3.73. The predicted octanol–water partition coefficient (Wildman–Crippen LogP) is 1.65. The fourth-order valence-electron chi connectivity index (χ4n) is 3.73. The van der Waals surface area contributed by atoms with Crippen molar-refractivity contribution in [1.29, 1.82) is 5.26 Å². The molecular formula is C17H18N2O4. The third kappa shape index (κ3) is 3.00. The Labute approximate surface area is 134 Å². The van der Waals surface area contributed by atoms with Crippen molar-refractivity contribution in [3.8, 4) is 11.8 Å². The molecule has 23 heavy (non-hydrogen) atoms. The number of carboxylic acid groups (broad SMARTS) is 1. The molecule has 1 saturated carbocycles. The quantitative estimate of drug-likeness (QED) is 0.912. The third-order valence-corrected chi connectivity index (χ3v) is 4.81. The molecule has 0 aromatic heterocycles. The number of hydrogen-bond donors (Lipinski definition) is 1. The molecule has 3 unspecified atom stereocenters. The lowest BCUT2D eigenvalue weighted by Gasteiger charge is -2.24. The van der Waals surface area contributed by atoms with Crippen molar-refractivity contribution >= 4 is 11.9 Å². The van der Waals surface area contributed by atoms with Crippen LogP contribution in [0, 0.1) is 23.2 Å². The Hall–Kier alpha value is -2.55. The van der Waals surface area contributed by atoms with Gasteiger partial charge in [0.05, 0.1) is 11.6 Å². The van der Waals surface area contributed by atoms with Crippen LogP contribution in [0.25, 0.3) is 0 Å². The number of carboxylic acids is 1. The number of benzene rings is 1. The molecule has 3 atom stereocenters. The third-order valence-electron chi connectivity index (χ3n) is 4.81. The van der Waals surface area contributed by atoms with Crippen LogP contribution in [-0.4, -0.2) is 41.1 Å². The van der Waals surface area contributed by atoms with E-state index in [2.05, 4.69) is 0 Å². The van der Waals surface area contributed by atoms with Crippen LogP contribution in [0.2, 0.25) is 0 Å². The van der Waals surface area contributed by atoms with Gasteiger partial charge in [-0.2, -0.15) is 5.26 Å². The predicted molar refractivity (Wildman–Crippen MR) is 80.6 cm³/mol. The molecule has 6 heteroatoms. The van der Waals surface area contributed by atoms with Gasteiger partial charge in [0.25, 0.3) is 5.91 Å². The summed E-state index contributed by atoms with van der Waals surface area (Å²) in [4.78, 5) is 25.4. The first kappa shape index (κ1) is 15.3. The van der Waals surface area contributed by atoms with Crippen molar-refractivity contribution < 1.29 is 19.4 Å². The fraction of sp³-hybridized carbons (Fsp3) is 0.471. The molecule has 3 rings (SSSR count). The smallest absolute Gasteiger partial charge is 0.326 e. The molecule has 1 amide bonds. The molecule has 120 valence electrons. The van der Waals surface area contributed by atoms with Gasteiger partial charge in [-0.05, 0) is 48.9 Å². The number of ether oxygens (including phenoxy) is 1. The number of aliphatic carboxylic acids is 1. The number of rotatable bonds is 4. The topological polar surface area (TPSA) is 90.6 Å². The average Bonchev–Trinajstić information content (AvgIpc) is 3.13. The van der Waals surface area contributed by atoms with E-state index in [9.17, 15) is 14.7 Å². The number of hydrogen-bond acceptors (Lipinski definition) is 4. The van der Waals surface area contributed by atoms with Crippen LogP contribution in [0.3, 0.4) is 0 Å². The van der Waals surface area contributed by atoms with E-state index in [4.69, 9.17) is 10.00 Å². The van der Waals surface area contributed by atoms with Gasteiger partial charge in [-0.3, -0.25) is 4.79 Å². The van der Waals surface area contributed by atoms with E-state index in [1.165, 1.54) is 4.90 Å². The molecule has 1 N–H and O–H groups in total. The first-order valence-electron chi connectivity index (χ1n) is 7.75. The first-order chi connectivity index (χ1) is 11.1. The summed E-state index contributed by atoms with van der Waals surface area (Å²) in [5, 5.41) is 18.2. The van der Waals surface area contributed by atoms with Crippen LogP contribution in [0.5, 0.6) is 5.75 Å². The standard InChI is InChI=1S/C17H18N2O4/c18-8-11-4-6-13(7-5-11)23-10-15(20)19-9-12-2-1-3-14(12)16(19)17(21)22/h4-7,12,14,16H,1-3,9-10H2,(H,21,22). The Morgan fingerprint density at radius 3 is 2.70 bits per heavy atom. The molecule has 2 fully saturated rings. The Morgan fingerprint density at radius 2 is 2.04 bits per heavy atom. The monoisotopic (exact) mass is 314 g/mol. The Kier molecular flexibility index (Phi) is 4.20. The molecule has 2 aliphatic rings. The van der Waals surface area contributed by atoms with Gasteiger partial charge < -0.3 is 14.7 Å². The lowest BCUT2D eigenvalue weighted by molar-refractivity contribution is -0.150. The van der Waals surface area contributed by atoms with Crippen molar-refractivity contribution in [1.82, 2.24) is 4.90 Å². The minimum atomic E-state index is -0.925. The van der Waals surface area contributed by atoms with E-state index in [0.29, 0.717) is 23.8 Å². The van der Waals surface area contributed by atoms with Gasteiger partial charge in [-0.15, -0.1) is 0 Å². The van der Waals surface area contributed by atoms with E-state index in [0.717, 1.165) is 19.3 Å². The number of fused-ring (bicyclic) bond motifs is 1. The maximum atomic E-state index is 12.4. The highest BCUT2D eigenvalue weighted by atomic mass is 16.5. The number of carbonyl (C=O) groups is 2. The van der Waals surface area contributed by atoms with Crippen LogP contribution >= 0.6 is 0 Å². The summed E-state index contributed by atoms with van der Waals surface area (Å²) in [7, 11) is 0. The summed E-state index contributed by atoms with van der Waals surface area (Å²) in [6.07, 6.45) is 2.92. The van der Waals surface area contributed by atoms with Crippen LogP contribution in [-0.2, 0) is 9.59 Å². The zero-order chi connectivity index (χ0) is 16.4. The summed E-state index contributed by atoms with van der Waals surface area (Å²) >= 11 is 0. The second-order valence-electron chi connectivity index (χ2n) is 6.11. The Morgan fingerprint density at radius 1 is 1.30 bits per heavy atom. The largest absolute Gasteiger partial charge is 0.484 e. The molecule has 1 aromatic rings. The van der Waals surface area contributed by atoms with Crippen LogP contribution in [0.15, 0.2) is 24.3 Å². The van der Waals surface area contributed by atoms with E-state index < -0.39 is 12.0 Å². The Balaban J connectivity index is 1.63. The van der Waals surface area contributed by atoms with E-state index in [1.807, 2.05) is 6.07 Å². The number of nitriles is 1. The number of nitrogens with zero attached hydrogens (tertiary/aromatic N) is 2. The molecular weight excluding hydrogens is 296 g/mol. The highest BCUT2D eigenvalue weighted by Gasteiger charge is 2.49. The van der Waals surface area contributed by atoms with Crippen molar-refractivity contribution in [2.45, 2.75) is 25.3 Å². The van der Waals surface area contributed by atoms with Crippen LogP contribution in [0.4, 0.5) is 0 Å². The molecule has 0 radical (unpaired) electrons. The zero-order valence-electron chi connectivity index (χ0n) is 12.6. The molecule has 1 aliphatic heterocycles. The lowest BCUT2D eigenvalue weighted by Crippen LogP contribution is -2.45. The molecule has 0 spiro atoms. The van der Waals surface area contributed by atoms with E-state index in [1.54, 1.807) is 24.3 Å². The van der Waals surface area contributed by atoms with E-state index >= 15 is 0 Å². The second kappa shape index (κ2) is 6.29. The van der Waals surface area contributed by atoms with Gasteiger partial charge in [0.1, 0.15) is 11.8 Å². The molecule has 6 nitrogen and oxygen atoms in total. The number of likely N-dealkylation sites (tertiary alicyclic amines) is 1. The summed E-state index contributed by atoms with van der Waals surface area (Å²) < 4.78 is 5.44. The van der Waals surface area contributed by atoms with Gasteiger partial charge in [0.15, 0.2) is 6.61 Å². The lowest BCUT2D eigenvalue weighted by atomic mass is 9.94. The van der Waals surface area contributed by atoms with Crippen molar-refractivity contribution in [2.75, 3.05) is 13.2 Å². The molecule has 1 saturated heterocycles. The minimum absolute atomic E-state index is 0.0753. The van der Waals surface area contributed by atoms with Crippen LogP contribution in [0.1, 0.15) is 24.8 Å². The van der Waals surface area contributed by atoms with Crippen molar-refractivity contribution in [3.05, 3.63) is 29.8 Å². The summed E-state index contributed by atoms with van der Waals surface area (Å²) in [6.45, 7) is 0.326. The Bertz CT molecular complexity index is 650. The molecule has 1 heterocycles. The van der Waals surface area contributed by atoms with Gasteiger partial charge in [0.2, 0.25) is 0 Å². The van der Waals surface area contributed by atoms with Gasteiger partial charge in [0, 0.05) is 6.54 Å². The maximum absolute atomic E-state index is 12.4. The van der Waals surface area contributed by atoms with Crippen molar-refractivity contribution in [2.24, 2.45) is 11.8 Å². The summed E-state index contributed by atoms with van der Waals surface area (Å²) in [5.74, 6) is -0.354. The van der Waals surface area contributed by atoms with Gasteiger partial charge in [-0.1, -0.05) is 6.42 Å². The average molecular weight is 314 g/mol. The number of carbonyl (C=O) groups excluding carboxylic acids is 1. The molecule has 0 bridgehead atoms. The number of amides is 1. The summed E-state index contributed by atoms with van der Waals surface area (Å²) in [6, 6.07) is 7.76. The SMILES string of the molecule is N#Cc1ccc(OCC(=O)N2CC3CCCC3C2C(=O)O)cc1. The maximum Gasteiger partial charge on any atom is 0.326 e. The second-order valence-corrected chi connectivity index (χ2v) is 6.11. The minimum Gasteiger partial charge on any atom is -0.484 e. The molecule has 1 aromatic carbocycles. The summed E-state index contributed by atoms with van der Waals surface area (Å²) in [5.41, 5.74) is 0.516. The zero-order valence-corrected chi connectivity index (χ0v) is 12.6. The van der Waals surface area contributed by atoms with Gasteiger partial charge >= 0.3 is 5.97 Å². The van der Waals surface area contributed by atoms with Crippen molar-refractivity contribution in [3.63, 3.8) is 0 Å². The first-order valence-corrected chi connectivity index (χ1v) is 7.75. The van der Waals surface area contributed by atoms with Gasteiger partial charge in [-0.25, -0.2) is 4.79 Å². The molecule has 1 aliphatic carbocycles.